The molecular formula is C16H18N4O. The molecule has 0 fully saturated rings. The molecule has 0 saturated heterocycles. The molecule has 2 heterocycles. The van der Waals surface area contributed by atoms with Crippen molar-refractivity contribution < 1.29 is 0 Å². The summed E-state index contributed by atoms with van der Waals surface area (Å²) < 4.78 is 1.85. The number of nitrogens with zero attached hydrogens (tertiary/aromatic N) is 3. The van der Waals surface area contributed by atoms with E-state index in [9.17, 15) is 4.79 Å². The summed E-state index contributed by atoms with van der Waals surface area (Å²) in [6, 6.07) is 8.23. The maximum atomic E-state index is 12.3. The molecule has 0 bridgehead atoms. The van der Waals surface area contributed by atoms with Gasteiger partial charge in [0, 0.05) is 13.0 Å². The van der Waals surface area contributed by atoms with E-state index in [0.29, 0.717) is 23.5 Å². The topological polar surface area (TPSA) is 63.6 Å². The largest absolute Gasteiger partial charge is 0.320 e. The summed E-state index contributed by atoms with van der Waals surface area (Å²) in [4.78, 5) is 23.8. The molecule has 0 aliphatic heterocycles. The van der Waals surface area contributed by atoms with Gasteiger partial charge in [-0.2, -0.15) is 0 Å². The first-order chi connectivity index (χ1) is 10.2. The molecule has 5 nitrogen and oxygen atoms in total. The summed E-state index contributed by atoms with van der Waals surface area (Å²) in [7, 11) is 0. The predicted octanol–water partition coefficient (Wildman–Crippen LogP) is 2.43. The maximum absolute atomic E-state index is 12.3. The Bertz CT molecular complexity index is 832. The average molecular weight is 282 g/mol. The van der Waals surface area contributed by atoms with Crippen LogP contribution >= 0.6 is 0 Å². The number of aryl methyl sites for hydroxylation is 2. The van der Waals surface area contributed by atoms with E-state index >= 15 is 0 Å². The summed E-state index contributed by atoms with van der Waals surface area (Å²) in [5.41, 5.74) is 3.29. The van der Waals surface area contributed by atoms with E-state index in [2.05, 4.69) is 40.9 Å². The van der Waals surface area contributed by atoms with Crippen molar-refractivity contribution in [2.45, 2.75) is 33.2 Å². The second kappa shape index (κ2) is 5.52. The first-order valence-electron chi connectivity index (χ1n) is 7.17. The van der Waals surface area contributed by atoms with Crippen molar-refractivity contribution in [3.8, 4) is 0 Å². The van der Waals surface area contributed by atoms with Crippen LogP contribution in [0.15, 0.2) is 35.4 Å². The van der Waals surface area contributed by atoms with Crippen LogP contribution in [0.1, 0.15) is 30.3 Å². The van der Waals surface area contributed by atoms with E-state index in [4.69, 9.17) is 0 Å². The Morgan fingerprint density at radius 1 is 1.33 bits per heavy atom. The van der Waals surface area contributed by atoms with Crippen molar-refractivity contribution >= 4 is 11.2 Å². The van der Waals surface area contributed by atoms with Gasteiger partial charge in [0.2, 0.25) is 0 Å². The second-order valence-corrected chi connectivity index (χ2v) is 5.30. The third-order valence-electron chi connectivity index (χ3n) is 3.45. The summed E-state index contributed by atoms with van der Waals surface area (Å²) in [6.45, 7) is 4.73. The number of benzene rings is 1. The minimum atomic E-state index is -0.117. The third kappa shape index (κ3) is 2.72. The van der Waals surface area contributed by atoms with Gasteiger partial charge in [0.15, 0.2) is 11.2 Å². The Kier molecular flexibility index (Phi) is 3.56. The molecule has 0 radical (unpaired) electrons. The molecule has 0 aliphatic carbocycles. The second-order valence-electron chi connectivity index (χ2n) is 5.30. The molecule has 2 aromatic heterocycles. The lowest BCUT2D eigenvalue weighted by Crippen LogP contribution is -2.15. The van der Waals surface area contributed by atoms with Crippen LogP contribution in [0.25, 0.3) is 11.2 Å². The SMILES string of the molecule is CCCc1nc2ncn(Cc3cccc(C)c3)c2c(=O)[nH]1. The fraction of sp³-hybridized carbons (Fsp3) is 0.312. The Labute approximate surface area is 122 Å². The van der Waals surface area contributed by atoms with Crippen molar-refractivity contribution in [1.29, 1.82) is 0 Å². The van der Waals surface area contributed by atoms with Gasteiger partial charge in [-0.05, 0) is 18.9 Å². The van der Waals surface area contributed by atoms with Crippen molar-refractivity contribution in [2.75, 3.05) is 0 Å². The number of nitrogens with one attached hydrogen (secondary N) is 1. The van der Waals surface area contributed by atoms with Crippen LogP contribution in [0.4, 0.5) is 0 Å². The monoisotopic (exact) mass is 282 g/mol. The molecule has 0 atom stereocenters. The Balaban J connectivity index is 2.02. The quantitative estimate of drug-likeness (QED) is 0.799. The van der Waals surface area contributed by atoms with Gasteiger partial charge in [-0.25, -0.2) is 9.97 Å². The fourth-order valence-electron chi connectivity index (χ4n) is 2.51. The summed E-state index contributed by atoms with van der Waals surface area (Å²) in [6.07, 6.45) is 3.39. The van der Waals surface area contributed by atoms with E-state index in [0.717, 1.165) is 18.4 Å². The third-order valence-corrected chi connectivity index (χ3v) is 3.45. The summed E-state index contributed by atoms with van der Waals surface area (Å²) >= 11 is 0. The van der Waals surface area contributed by atoms with Gasteiger partial charge in [-0.1, -0.05) is 36.8 Å². The number of imidazole rings is 1. The molecule has 0 unspecified atom stereocenters. The molecule has 5 heteroatoms. The van der Waals surface area contributed by atoms with Gasteiger partial charge in [-0.3, -0.25) is 4.79 Å². The smallest absolute Gasteiger partial charge is 0.277 e. The zero-order valence-corrected chi connectivity index (χ0v) is 12.3. The maximum Gasteiger partial charge on any atom is 0.277 e. The number of hydrogen-bond acceptors (Lipinski definition) is 3. The summed E-state index contributed by atoms with van der Waals surface area (Å²) in [5, 5.41) is 0. The molecular weight excluding hydrogens is 264 g/mol. The standard InChI is InChI=1S/C16H18N4O/c1-3-5-13-18-15-14(16(21)19-13)20(10-17-15)9-12-7-4-6-11(2)8-12/h4,6-8,10H,3,5,9H2,1-2H3,(H,18,19,21). The zero-order valence-electron chi connectivity index (χ0n) is 12.3. The minimum Gasteiger partial charge on any atom is -0.320 e. The van der Waals surface area contributed by atoms with Crippen LogP contribution in [-0.4, -0.2) is 19.5 Å². The zero-order chi connectivity index (χ0) is 14.8. The Hall–Kier alpha value is -2.43. The Morgan fingerprint density at radius 2 is 2.19 bits per heavy atom. The highest BCUT2D eigenvalue weighted by Gasteiger charge is 2.10. The molecule has 0 amide bonds. The van der Waals surface area contributed by atoms with Gasteiger partial charge in [0.05, 0.1) is 6.33 Å². The van der Waals surface area contributed by atoms with E-state index in [1.807, 2.05) is 16.7 Å². The molecule has 0 aliphatic rings. The number of aromatic amines is 1. The van der Waals surface area contributed by atoms with Gasteiger partial charge in [-0.15, -0.1) is 0 Å². The highest BCUT2D eigenvalue weighted by atomic mass is 16.1. The van der Waals surface area contributed by atoms with E-state index in [-0.39, 0.29) is 5.56 Å². The van der Waals surface area contributed by atoms with Crippen molar-refractivity contribution in [3.63, 3.8) is 0 Å². The van der Waals surface area contributed by atoms with Gasteiger partial charge >= 0.3 is 0 Å². The lowest BCUT2D eigenvalue weighted by Gasteiger charge is -2.05. The molecule has 3 aromatic rings. The summed E-state index contributed by atoms with van der Waals surface area (Å²) in [5.74, 6) is 0.704. The van der Waals surface area contributed by atoms with Crippen molar-refractivity contribution in [2.24, 2.45) is 0 Å². The Morgan fingerprint density at radius 3 is 2.95 bits per heavy atom. The molecule has 0 saturated carbocycles. The van der Waals surface area contributed by atoms with Crippen molar-refractivity contribution in [3.05, 3.63) is 57.9 Å². The van der Waals surface area contributed by atoms with E-state index in [1.54, 1.807) is 6.33 Å². The predicted molar refractivity (Wildman–Crippen MR) is 82.4 cm³/mol. The number of H-pyrrole nitrogens is 1. The number of hydrogen-bond donors (Lipinski definition) is 1. The number of rotatable bonds is 4. The number of fused-ring (bicyclic) bond motifs is 1. The molecule has 1 N–H and O–H groups in total. The molecule has 21 heavy (non-hydrogen) atoms. The average Bonchev–Trinajstić information content (AvgIpc) is 2.83. The normalized spacial score (nSPS) is 11.1. The molecule has 3 rings (SSSR count). The van der Waals surface area contributed by atoms with Crippen LogP contribution < -0.4 is 5.56 Å². The molecule has 1 aromatic carbocycles. The highest BCUT2D eigenvalue weighted by molar-refractivity contribution is 5.69. The van der Waals surface area contributed by atoms with Gasteiger partial charge < -0.3 is 9.55 Å². The first kappa shape index (κ1) is 13.5. The lowest BCUT2D eigenvalue weighted by molar-refractivity contribution is 0.808. The van der Waals surface area contributed by atoms with Gasteiger partial charge in [0.25, 0.3) is 5.56 Å². The van der Waals surface area contributed by atoms with Crippen LogP contribution in [0, 0.1) is 6.92 Å². The van der Waals surface area contributed by atoms with E-state index < -0.39 is 0 Å². The minimum absolute atomic E-state index is 0.117. The van der Waals surface area contributed by atoms with Crippen LogP contribution in [0.2, 0.25) is 0 Å². The van der Waals surface area contributed by atoms with Crippen LogP contribution in [0.3, 0.4) is 0 Å². The van der Waals surface area contributed by atoms with Crippen LogP contribution in [0.5, 0.6) is 0 Å². The van der Waals surface area contributed by atoms with E-state index in [1.165, 1.54) is 5.56 Å². The highest BCUT2D eigenvalue weighted by Crippen LogP contribution is 2.11. The molecule has 0 spiro atoms. The lowest BCUT2D eigenvalue weighted by atomic mass is 10.1. The molecule has 108 valence electrons. The van der Waals surface area contributed by atoms with Crippen LogP contribution in [-0.2, 0) is 13.0 Å². The first-order valence-corrected chi connectivity index (χ1v) is 7.17. The van der Waals surface area contributed by atoms with Crippen molar-refractivity contribution in [1.82, 2.24) is 19.5 Å². The van der Waals surface area contributed by atoms with Gasteiger partial charge in [0.1, 0.15) is 5.82 Å². The number of aromatic nitrogens is 4. The fourth-order valence-corrected chi connectivity index (χ4v) is 2.51.